The molecule has 2 aromatic rings. The molecule has 0 atom stereocenters. The average molecular weight is 451 g/mol. The third kappa shape index (κ3) is 7.26. The molecule has 0 aliphatic heterocycles. The maximum absolute atomic E-state index is 4.76. The van der Waals surface area contributed by atoms with Gasteiger partial charge in [0.15, 0.2) is 0 Å². The summed E-state index contributed by atoms with van der Waals surface area (Å²) in [5.74, 6) is 0. The molecule has 0 N–H and O–H groups in total. The fourth-order valence-electron chi connectivity index (χ4n) is 2.41. The van der Waals surface area contributed by atoms with Gasteiger partial charge < -0.3 is 0 Å². The van der Waals surface area contributed by atoms with E-state index in [1.165, 1.54) is 65.4 Å². The van der Waals surface area contributed by atoms with Gasteiger partial charge in [0.2, 0.25) is 0 Å². The van der Waals surface area contributed by atoms with E-state index < -0.39 is 0 Å². The normalized spacial score (nSPS) is 10.2. The molecule has 0 saturated carbocycles. The van der Waals surface area contributed by atoms with E-state index in [4.69, 9.17) is 9.69 Å². The molecule has 0 fully saturated rings. The Kier molecular flexibility index (Phi) is 11.8. The molecular weight excluding hydrogens is 429 g/mol. The van der Waals surface area contributed by atoms with Crippen LogP contribution in [0.5, 0.6) is 0 Å². The Labute approximate surface area is 161 Å². The van der Waals surface area contributed by atoms with Crippen molar-refractivity contribution >= 4 is 37.0 Å². The van der Waals surface area contributed by atoms with Crippen molar-refractivity contribution in [2.24, 2.45) is 0 Å². The Morgan fingerprint density at radius 1 is 1.05 bits per heavy atom. The van der Waals surface area contributed by atoms with Gasteiger partial charge in [-0.05, 0) is 18.4 Å². The molecule has 1 aromatic carbocycles. The summed E-state index contributed by atoms with van der Waals surface area (Å²) in [6, 6.07) is 11.1. The van der Waals surface area contributed by atoms with Gasteiger partial charge in [0.05, 0.1) is 0 Å². The number of benzene rings is 1. The molecule has 2 rings (SSSR count). The first-order chi connectivity index (χ1) is 10.8. The molecule has 0 saturated heterocycles. The predicted octanol–water partition coefficient (Wildman–Crippen LogP) is 7.57. The fraction of sp³-hybridized carbons (Fsp3) is 0.444. The van der Waals surface area contributed by atoms with E-state index in [0.717, 1.165) is 17.3 Å². The maximum atomic E-state index is 4.76. The molecular formula is C18H22BrClSZn. The van der Waals surface area contributed by atoms with E-state index >= 15 is 0 Å². The Bertz CT molecular complexity index is 510. The van der Waals surface area contributed by atoms with Gasteiger partial charge in [0.1, 0.15) is 0 Å². The molecule has 0 bridgehead atoms. The van der Waals surface area contributed by atoms with E-state index in [9.17, 15) is 0 Å². The van der Waals surface area contributed by atoms with Crippen LogP contribution in [0.3, 0.4) is 0 Å². The van der Waals surface area contributed by atoms with Crippen molar-refractivity contribution < 1.29 is 17.3 Å². The van der Waals surface area contributed by atoms with Gasteiger partial charge in [-0.3, -0.25) is 11.3 Å². The number of thiophene rings is 1. The zero-order valence-corrected chi connectivity index (χ0v) is 19.3. The van der Waals surface area contributed by atoms with Crippen molar-refractivity contribution in [2.75, 3.05) is 0 Å². The van der Waals surface area contributed by atoms with Crippen LogP contribution in [-0.2, 0) is 23.7 Å². The molecule has 22 heavy (non-hydrogen) atoms. The number of unbranched alkanes of at least 4 members (excludes halogenated alkanes) is 5. The second-order valence-electron chi connectivity index (χ2n) is 5.27. The van der Waals surface area contributed by atoms with Crippen LogP contribution in [0.25, 0.3) is 11.1 Å². The first-order valence-electron chi connectivity index (χ1n) is 7.82. The van der Waals surface area contributed by atoms with Gasteiger partial charge in [-0.15, -0.1) is 26.9 Å². The minimum atomic E-state index is 0.847. The first-order valence-corrected chi connectivity index (χ1v) is 13.3. The van der Waals surface area contributed by atoms with Crippen molar-refractivity contribution in [2.45, 2.75) is 51.9 Å². The summed E-state index contributed by atoms with van der Waals surface area (Å²) in [6.45, 7) is 2.27. The van der Waals surface area contributed by atoms with E-state index in [1.807, 2.05) is 0 Å². The van der Waals surface area contributed by atoms with Crippen LogP contribution in [0.15, 0.2) is 34.1 Å². The zero-order valence-electron chi connectivity index (χ0n) is 13.2. The van der Waals surface area contributed by atoms with Gasteiger partial charge in [-0.1, -0.05) is 72.6 Å². The summed E-state index contributed by atoms with van der Waals surface area (Å²) < 4.78 is 1.17. The molecule has 0 aliphatic rings. The summed E-state index contributed by atoms with van der Waals surface area (Å²) in [5, 5.41) is 3.16. The van der Waals surface area contributed by atoms with Crippen LogP contribution in [0, 0.1) is 5.38 Å². The molecule has 0 amide bonds. The summed E-state index contributed by atoms with van der Waals surface area (Å²) in [6.07, 6.45) is 9.41. The molecule has 116 valence electrons. The van der Waals surface area contributed by atoms with Crippen molar-refractivity contribution in [3.63, 3.8) is 0 Å². The number of hydrogen-bond acceptors (Lipinski definition) is 1. The number of rotatable bonds is 8. The third-order valence-corrected chi connectivity index (χ3v) is 5.20. The summed E-state index contributed by atoms with van der Waals surface area (Å²) in [7, 11) is 4.76. The number of aryl methyl sites for hydroxylation is 1. The van der Waals surface area contributed by atoms with Crippen LogP contribution in [0.1, 0.15) is 51.0 Å². The van der Waals surface area contributed by atoms with E-state index in [1.54, 1.807) is 11.3 Å². The summed E-state index contributed by atoms with van der Waals surface area (Å²) in [5.41, 5.74) is 3.99. The molecule has 0 spiro atoms. The molecule has 1 heterocycles. The van der Waals surface area contributed by atoms with E-state index in [-0.39, 0.29) is 0 Å². The Balaban J connectivity index is 0.00000116. The summed E-state index contributed by atoms with van der Waals surface area (Å²) in [4.78, 5) is 0. The number of hydrogen-bond donors (Lipinski definition) is 0. The molecule has 4 heteroatoms. The quantitative estimate of drug-likeness (QED) is 0.221. The number of halogens is 2. The minimum absolute atomic E-state index is 0.847. The van der Waals surface area contributed by atoms with Crippen molar-refractivity contribution in [1.82, 2.24) is 0 Å². The Morgan fingerprint density at radius 2 is 1.68 bits per heavy atom. The van der Waals surface area contributed by atoms with Crippen molar-refractivity contribution in [3.8, 4) is 11.1 Å². The van der Waals surface area contributed by atoms with Crippen LogP contribution in [0.2, 0.25) is 0 Å². The monoisotopic (exact) mass is 448 g/mol. The van der Waals surface area contributed by atoms with Gasteiger partial charge in [0, 0.05) is 0 Å². The van der Waals surface area contributed by atoms with Gasteiger partial charge in [-0.25, -0.2) is 0 Å². The molecule has 0 aliphatic carbocycles. The molecule has 1 aromatic heterocycles. The Hall–Kier alpha value is 0.313. The fourth-order valence-corrected chi connectivity index (χ4v) is 3.60. The predicted molar refractivity (Wildman–Crippen MR) is 99.2 cm³/mol. The molecule has 0 nitrogen and oxygen atoms in total. The molecule has 0 unspecified atom stereocenters. The average Bonchev–Trinajstić information content (AvgIpc) is 2.99. The second-order valence-corrected chi connectivity index (χ2v) is 7.43. The van der Waals surface area contributed by atoms with E-state index in [2.05, 4.69) is 58.6 Å². The standard InChI is InChI=1S/C18H22BrS.ClH.Zn/c1-2-3-4-5-6-7-8-15-9-11-16(12-10-15)17-13-14-20-18(17)19;;/h9-13H,2-8H2,1H3;1H;/q-1;;+2/p-1. The van der Waals surface area contributed by atoms with Gasteiger partial charge in [-0.2, -0.15) is 6.07 Å². The Morgan fingerprint density at radius 3 is 2.27 bits per heavy atom. The van der Waals surface area contributed by atoms with Gasteiger partial charge in [0.25, 0.3) is 0 Å². The molecule has 0 radical (unpaired) electrons. The zero-order chi connectivity index (χ0) is 16.2. The second kappa shape index (κ2) is 12.7. The van der Waals surface area contributed by atoms with Gasteiger partial charge >= 0.3 is 27.0 Å². The van der Waals surface area contributed by atoms with Crippen molar-refractivity contribution in [3.05, 3.63) is 45.1 Å². The van der Waals surface area contributed by atoms with Crippen LogP contribution < -0.4 is 0 Å². The van der Waals surface area contributed by atoms with Crippen molar-refractivity contribution in [1.29, 1.82) is 0 Å². The van der Waals surface area contributed by atoms with Crippen LogP contribution >= 0.6 is 37.0 Å². The third-order valence-electron chi connectivity index (χ3n) is 3.65. The topological polar surface area (TPSA) is 0 Å². The SMILES string of the molecule is CCCCCCCCc1ccc(-c2c[c-]sc2Br)cc1.[Cl][Zn+]. The van der Waals surface area contributed by atoms with Crippen LogP contribution in [-0.4, -0.2) is 0 Å². The van der Waals surface area contributed by atoms with E-state index in [0.29, 0.717) is 0 Å². The van der Waals surface area contributed by atoms with Crippen LogP contribution in [0.4, 0.5) is 0 Å². The first kappa shape index (κ1) is 20.4. The summed E-state index contributed by atoms with van der Waals surface area (Å²) >= 11 is 6.05.